The van der Waals surface area contributed by atoms with Gasteiger partial charge in [-0.05, 0) is 31.4 Å². The van der Waals surface area contributed by atoms with Gasteiger partial charge in [-0.25, -0.2) is 0 Å². The molecule has 5 nitrogen and oxygen atoms in total. The molecule has 7 heteroatoms. The summed E-state index contributed by atoms with van der Waals surface area (Å²) in [4.78, 5) is 25.9. The van der Waals surface area contributed by atoms with Gasteiger partial charge in [0.1, 0.15) is 0 Å². The van der Waals surface area contributed by atoms with E-state index in [4.69, 9.17) is 5.73 Å². The molecule has 1 fully saturated rings. The molecule has 136 valence electrons. The van der Waals surface area contributed by atoms with Crippen LogP contribution in [0.15, 0.2) is 0 Å². The van der Waals surface area contributed by atoms with Crippen molar-refractivity contribution in [1.29, 1.82) is 0 Å². The lowest BCUT2D eigenvalue weighted by molar-refractivity contribution is -0.135. The Hall–Kier alpha value is -0.460. The molecule has 3 N–H and O–H groups in total. The third-order valence-electron chi connectivity index (χ3n) is 3.96. The monoisotopic (exact) mass is 365 g/mol. The van der Waals surface area contributed by atoms with Gasteiger partial charge in [-0.15, -0.1) is 12.4 Å². The second kappa shape index (κ2) is 13.9. The normalized spacial score (nSPS) is 17.5. The Bertz CT molecular complexity index is 345. The summed E-state index contributed by atoms with van der Waals surface area (Å²) in [7, 11) is 0. The predicted octanol–water partition coefficient (Wildman–Crippen LogP) is 2.18. The molecule has 0 aliphatic carbocycles. The minimum Gasteiger partial charge on any atom is -0.354 e. The van der Waals surface area contributed by atoms with Crippen molar-refractivity contribution in [2.24, 2.45) is 5.73 Å². The van der Waals surface area contributed by atoms with E-state index in [1.807, 2.05) is 16.7 Å². The highest BCUT2D eigenvalue weighted by Crippen LogP contribution is 2.18. The van der Waals surface area contributed by atoms with Gasteiger partial charge in [0.2, 0.25) is 11.8 Å². The van der Waals surface area contributed by atoms with Crippen molar-refractivity contribution in [2.45, 2.75) is 57.9 Å². The van der Waals surface area contributed by atoms with Gasteiger partial charge < -0.3 is 16.0 Å². The molecule has 1 aliphatic rings. The SMILES string of the molecule is CCCCSCCC(=O)N1CCCCC1CNC(=O)CCN.Cl. The number of nitrogens with two attached hydrogens (primary N) is 1. The highest BCUT2D eigenvalue weighted by molar-refractivity contribution is 7.99. The molecule has 0 saturated carbocycles. The number of amides is 2. The molecule has 0 aromatic rings. The highest BCUT2D eigenvalue weighted by atomic mass is 35.5. The zero-order valence-corrected chi connectivity index (χ0v) is 15.9. The minimum absolute atomic E-state index is 0. The lowest BCUT2D eigenvalue weighted by atomic mass is 10.0. The van der Waals surface area contributed by atoms with Gasteiger partial charge >= 0.3 is 0 Å². The van der Waals surface area contributed by atoms with Gasteiger partial charge in [-0.1, -0.05) is 13.3 Å². The smallest absolute Gasteiger partial charge is 0.223 e. The van der Waals surface area contributed by atoms with Crippen LogP contribution in [0.5, 0.6) is 0 Å². The number of unbranched alkanes of at least 4 members (excludes halogenated alkanes) is 1. The number of nitrogens with one attached hydrogen (secondary N) is 1. The summed E-state index contributed by atoms with van der Waals surface area (Å²) in [6.45, 7) is 3.95. The van der Waals surface area contributed by atoms with Crippen LogP contribution in [0, 0.1) is 0 Å². The lowest BCUT2D eigenvalue weighted by Crippen LogP contribution is -2.49. The summed E-state index contributed by atoms with van der Waals surface area (Å²) in [5.74, 6) is 2.27. The van der Waals surface area contributed by atoms with Crippen LogP contribution in [-0.4, -0.2) is 53.9 Å². The van der Waals surface area contributed by atoms with Crippen molar-refractivity contribution in [3.63, 3.8) is 0 Å². The summed E-state index contributed by atoms with van der Waals surface area (Å²) in [6.07, 6.45) is 6.58. The van der Waals surface area contributed by atoms with Crippen LogP contribution in [0.25, 0.3) is 0 Å². The number of nitrogens with zero attached hydrogens (tertiary/aromatic N) is 1. The van der Waals surface area contributed by atoms with Crippen LogP contribution in [0.1, 0.15) is 51.9 Å². The molecule has 0 aromatic carbocycles. The zero-order valence-electron chi connectivity index (χ0n) is 14.2. The second-order valence-electron chi connectivity index (χ2n) is 5.80. The van der Waals surface area contributed by atoms with Crippen LogP contribution in [0.4, 0.5) is 0 Å². The molecule has 1 unspecified atom stereocenters. The molecule has 0 radical (unpaired) electrons. The van der Waals surface area contributed by atoms with E-state index in [1.165, 1.54) is 12.8 Å². The van der Waals surface area contributed by atoms with Crippen molar-refractivity contribution in [1.82, 2.24) is 10.2 Å². The molecular weight excluding hydrogens is 334 g/mol. The van der Waals surface area contributed by atoms with Gasteiger partial charge in [0.15, 0.2) is 0 Å². The third-order valence-corrected chi connectivity index (χ3v) is 5.03. The summed E-state index contributed by atoms with van der Waals surface area (Å²) in [6, 6.07) is 0.156. The van der Waals surface area contributed by atoms with Gasteiger partial charge in [0.05, 0.1) is 0 Å². The fourth-order valence-corrected chi connectivity index (χ4v) is 3.66. The topological polar surface area (TPSA) is 75.4 Å². The fraction of sp³-hybridized carbons (Fsp3) is 0.875. The van der Waals surface area contributed by atoms with Gasteiger partial charge in [0, 0.05) is 44.3 Å². The van der Waals surface area contributed by atoms with E-state index in [0.717, 1.165) is 37.3 Å². The Morgan fingerprint density at radius 2 is 2.04 bits per heavy atom. The number of hydrogen-bond acceptors (Lipinski definition) is 4. The van der Waals surface area contributed by atoms with Crippen LogP contribution in [0.3, 0.4) is 0 Å². The lowest BCUT2D eigenvalue weighted by Gasteiger charge is -2.36. The van der Waals surface area contributed by atoms with E-state index in [0.29, 0.717) is 25.9 Å². The molecule has 2 amide bonds. The number of carbonyl (C=O) groups is 2. The van der Waals surface area contributed by atoms with Crippen LogP contribution >= 0.6 is 24.2 Å². The maximum Gasteiger partial charge on any atom is 0.223 e. The zero-order chi connectivity index (χ0) is 16.2. The van der Waals surface area contributed by atoms with E-state index >= 15 is 0 Å². The van der Waals surface area contributed by atoms with E-state index in [1.54, 1.807) is 0 Å². The maximum absolute atomic E-state index is 12.4. The third kappa shape index (κ3) is 9.42. The molecule has 1 rings (SSSR count). The van der Waals surface area contributed by atoms with Crippen molar-refractivity contribution in [3.8, 4) is 0 Å². The van der Waals surface area contributed by atoms with Crippen molar-refractivity contribution < 1.29 is 9.59 Å². The van der Waals surface area contributed by atoms with E-state index in [2.05, 4.69) is 12.2 Å². The average molecular weight is 366 g/mol. The first-order valence-electron chi connectivity index (χ1n) is 8.53. The van der Waals surface area contributed by atoms with E-state index in [-0.39, 0.29) is 30.3 Å². The Kier molecular flexibility index (Phi) is 13.7. The van der Waals surface area contributed by atoms with Gasteiger partial charge in [0.25, 0.3) is 0 Å². The number of hydrogen-bond donors (Lipinski definition) is 2. The van der Waals surface area contributed by atoms with Crippen molar-refractivity contribution in [3.05, 3.63) is 0 Å². The Morgan fingerprint density at radius 1 is 1.26 bits per heavy atom. The van der Waals surface area contributed by atoms with Crippen molar-refractivity contribution >= 4 is 36.0 Å². The molecule has 0 spiro atoms. The summed E-state index contributed by atoms with van der Waals surface area (Å²) < 4.78 is 0. The van der Waals surface area contributed by atoms with Crippen LogP contribution in [-0.2, 0) is 9.59 Å². The first-order valence-corrected chi connectivity index (χ1v) is 9.68. The predicted molar refractivity (Wildman–Crippen MR) is 100 cm³/mol. The maximum atomic E-state index is 12.4. The van der Waals surface area contributed by atoms with Crippen LogP contribution < -0.4 is 11.1 Å². The quantitative estimate of drug-likeness (QED) is 0.582. The minimum atomic E-state index is -0.0180. The molecule has 1 aliphatic heterocycles. The summed E-state index contributed by atoms with van der Waals surface area (Å²) in [5, 5.41) is 2.90. The average Bonchev–Trinajstić information content (AvgIpc) is 2.53. The molecule has 1 atom stereocenters. The summed E-state index contributed by atoms with van der Waals surface area (Å²) in [5.41, 5.74) is 5.38. The molecule has 1 saturated heterocycles. The van der Waals surface area contributed by atoms with Crippen molar-refractivity contribution in [2.75, 3.05) is 31.1 Å². The highest BCUT2D eigenvalue weighted by Gasteiger charge is 2.26. The second-order valence-corrected chi connectivity index (χ2v) is 7.02. The number of rotatable bonds is 10. The van der Waals surface area contributed by atoms with E-state index < -0.39 is 0 Å². The van der Waals surface area contributed by atoms with E-state index in [9.17, 15) is 9.59 Å². The Balaban J connectivity index is 0.00000484. The Morgan fingerprint density at radius 3 is 2.74 bits per heavy atom. The number of thioether (sulfide) groups is 1. The fourth-order valence-electron chi connectivity index (χ4n) is 2.64. The standard InChI is InChI=1S/C16H31N3O2S.ClH/c1-2-3-11-22-12-8-16(21)19-10-5-4-6-14(19)13-18-15(20)7-9-17;/h14H,2-13,17H2,1H3,(H,18,20);1H. The number of halogens is 1. The first kappa shape index (κ1) is 22.5. The molecule has 0 bridgehead atoms. The Labute approximate surface area is 150 Å². The summed E-state index contributed by atoms with van der Waals surface area (Å²) >= 11 is 1.87. The number of piperidine rings is 1. The van der Waals surface area contributed by atoms with Crippen LogP contribution in [0.2, 0.25) is 0 Å². The first-order chi connectivity index (χ1) is 10.7. The van der Waals surface area contributed by atoms with Gasteiger partial charge in [-0.3, -0.25) is 9.59 Å². The number of likely N-dealkylation sites (tertiary alicyclic amines) is 1. The number of carbonyl (C=O) groups excluding carboxylic acids is 2. The molecular formula is C16H32ClN3O2S. The molecule has 23 heavy (non-hydrogen) atoms. The van der Waals surface area contributed by atoms with Gasteiger partial charge in [-0.2, -0.15) is 11.8 Å². The molecule has 1 heterocycles. The molecule has 0 aromatic heterocycles. The largest absolute Gasteiger partial charge is 0.354 e.